The van der Waals surface area contributed by atoms with Gasteiger partial charge in [-0.15, -0.1) is 0 Å². The zero-order chi connectivity index (χ0) is 12.8. The first-order chi connectivity index (χ1) is 8.65. The second kappa shape index (κ2) is 3.74. The van der Waals surface area contributed by atoms with E-state index in [0.29, 0.717) is 17.0 Å². The second-order valence-electron chi connectivity index (χ2n) is 4.62. The van der Waals surface area contributed by atoms with Gasteiger partial charge in [0.25, 0.3) is 11.7 Å². The van der Waals surface area contributed by atoms with Gasteiger partial charge in [-0.1, -0.05) is 0 Å². The Morgan fingerprint density at radius 3 is 3.00 bits per heavy atom. The Bertz CT molecular complexity index is 617. The molecule has 3 rings (SSSR count). The SMILES string of the molecule is Cc1c(C(=O)NC2(CO)CC2)cnc2ncnn12. The van der Waals surface area contributed by atoms with E-state index in [1.165, 1.54) is 17.0 Å². The summed E-state index contributed by atoms with van der Waals surface area (Å²) in [5.74, 6) is 0.233. The van der Waals surface area contributed by atoms with Gasteiger partial charge in [-0.05, 0) is 19.8 Å². The lowest BCUT2D eigenvalue weighted by Gasteiger charge is -2.15. The van der Waals surface area contributed by atoms with E-state index in [0.717, 1.165) is 12.8 Å². The first-order valence-corrected chi connectivity index (χ1v) is 5.74. The van der Waals surface area contributed by atoms with Gasteiger partial charge in [0.05, 0.1) is 23.4 Å². The average molecular weight is 247 g/mol. The van der Waals surface area contributed by atoms with Crippen LogP contribution in [0.25, 0.3) is 5.78 Å². The molecule has 0 radical (unpaired) electrons. The van der Waals surface area contributed by atoms with Crippen molar-refractivity contribution in [3.05, 3.63) is 23.8 Å². The molecular weight excluding hydrogens is 234 g/mol. The van der Waals surface area contributed by atoms with Crippen molar-refractivity contribution in [2.24, 2.45) is 0 Å². The molecule has 0 bridgehead atoms. The van der Waals surface area contributed by atoms with Gasteiger partial charge in [-0.3, -0.25) is 4.79 Å². The number of nitrogens with one attached hydrogen (secondary N) is 1. The number of carbonyl (C=O) groups is 1. The number of aliphatic hydroxyl groups is 1. The molecule has 1 amide bonds. The largest absolute Gasteiger partial charge is 0.394 e. The van der Waals surface area contributed by atoms with Gasteiger partial charge in [-0.2, -0.15) is 10.1 Å². The molecule has 0 atom stereocenters. The summed E-state index contributed by atoms with van der Waals surface area (Å²) in [6, 6.07) is 0. The van der Waals surface area contributed by atoms with Crippen LogP contribution in [0.3, 0.4) is 0 Å². The highest BCUT2D eigenvalue weighted by Crippen LogP contribution is 2.34. The van der Waals surface area contributed by atoms with Crippen molar-refractivity contribution >= 4 is 11.7 Å². The standard InChI is InChI=1S/C11H13N5O2/c1-7-8(4-12-10-13-6-14-16(7)10)9(18)15-11(5-17)2-3-11/h4,6,17H,2-3,5H2,1H3,(H,15,18). The topological polar surface area (TPSA) is 92.4 Å². The quantitative estimate of drug-likeness (QED) is 0.776. The van der Waals surface area contributed by atoms with Crippen molar-refractivity contribution in [3.8, 4) is 0 Å². The lowest BCUT2D eigenvalue weighted by atomic mass is 10.2. The maximum atomic E-state index is 12.1. The molecule has 0 aliphatic heterocycles. The van der Waals surface area contributed by atoms with Crippen LogP contribution in [0.1, 0.15) is 28.9 Å². The maximum Gasteiger partial charge on any atom is 0.255 e. The Balaban J connectivity index is 1.94. The fourth-order valence-electron chi connectivity index (χ4n) is 1.89. The molecule has 7 heteroatoms. The van der Waals surface area contributed by atoms with E-state index >= 15 is 0 Å². The van der Waals surface area contributed by atoms with Crippen molar-refractivity contribution in [1.29, 1.82) is 0 Å². The van der Waals surface area contributed by atoms with Gasteiger partial charge >= 0.3 is 0 Å². The number of rotatable bonds is 3. The van der Waals surface area contributed by atoms with Crippen LogP contribution in [-0.2, 0) is 0 Å². The molecule has 0 unspecified atom stereocenters. The highest BCUT2D eigenvalue weighted by Gasteiger charge is 2.43. The predicted octanol–water partition coefficient (Wildman–Crippen LogP) is -0.313. The second-order valence-corrected chi connectivity index (χ2v) is 4.62. The van der Waals surface area contributed by atoms with E-state index in [4.69, 9.17) is 0 Å². The average Bonchev–Trinajstić information content (AvgIpc) is 2.96. The smallest absolute Gasteiger partial charge is 0.255 e. The van der Waals surface area contributed by atoms with Crippen molar-refractivity contribution in [2.45, 2.75) is 25.3 Å². The Hall–Kier alpha value is -2.02. The monoisotopic (exact) mass is 247 g/mol. The molecule has 94 valence electrons. The van der Waals surface area contributed by atoms with Crippen LogP contribution in [0.5, 0.6) is 0 Å². The summed E-state index contributed by atoms with van der Waals surface area (Å²) >= 11 is 0. The highest BCUT2D eigenvalue weighted by molar-refractivity contribution is 5.95. The van der Waals surface area contributed by atoms with E-state index in [9.17, 15) is 9.90 Å². The number of amides is 1. The number of nitrogens with zero attached hydrogens (tertiary/aromatic N) is 4. The van der Waals surface area contributed by atoms with Gasteiger partial charge in [-0.25, -0.2) is 9.50 Å². The zero-order valence-corrected chi connectivity index (χ0v) is 9.92. The number of aliphatic hydroxyl groups excluding tert-OH is 1. The molecule has 0 saturated heterocycles. The van der Waals surface area contributed by atoms with Crippen LogP contribution >= 0.6 is 0 Å². The molecule has 1 aliphatic carbocycles. The summed E-state index contributed by atoms with van der Waals surface area (Å²) < 4.78 is 1.52. The van der Waals surface area contributed by atoms with E-state index in [2.05, 4.69) is 20.4 Å². The highest BCUT2D eigenvalue weighted by atomic mass is 16.3. The fraction of sp³-hybridized carbons (Fsp3) is 0.455. The minimum Gasteiger partial charge on any atom is -0.394 e. The Kier molecular flexibility index (Phi) is 2.30. The number of aryl methyl sites for hydroxylation is 1. The molecule has 2 heterocycles. The summed E-state index contributed by atoms with van der Waals surface area (Å²) in [6.45, 7) is 1.76. The molecule has 1 saturated carbocycles. The third-order valence-corrected chi connectivity index (χ3v) is 3.33. The first kappa shape index (κ1) is 11.1. The van der Waals surface area contributed by atoms with Crippen LogP contribution < -0.4 is 5.32 Å². The number of hydrogen-bond acceptors (Lipinski definition) is 5. The number of carbonyl (C=O) groups excluding carboxylic acids is 1. The van der Waals surface area contributed by atoms with Crippen LogP contribution in [0.15, 0.2) is 12.5 Å². The van der Waals surface area contributed by atoms with Crippen LogP contribution in [-0.4, -0.2) is 42.7 Å². The van der Waals surface area contributed by atoms with Crippen molar-refractivity contribution in [1.82, 2.24) is 24.9 Å². The van der Waals surface area contributed by atoms with E-state index in [1.54, 1.807) is 6.92 Å². The Morgan fingerprint density at radius 1 is 1.56 bits per heavy atom. The number of aromatic nitrogens is 4. The molecule has 0 spiro atoms. The number of fused-ring (bicyclic) bond motifs is 1. The summed E-state index contributed by atoms with van der Waals surface area (Å²) in [6.07, 6.45) is 4.51. The van der Waals surface area contributed by atoms with E-state index in [1.807, 2.05) is 0 Å². The Labute approximate surface area is 103 Å². The maximum absolute atomic E-state index is 12.1. The molecule has 2 N–H and O–H groups in total. The van der Waals surface area contributed by atoms with Crippen LogP contribution in [0.4, 0.5) is 0 Å². The van der Waals surface area contributed by atoms with Crippen molar-refractivity contribution < 1.29 is 9.90 Å². The third kappa shape index (κ3) is 1.63. The fourth-order valence-corrected chi connectivity index (χ4v) is 1.89. The van der Waals surface area contributed by atoms with Gasteiger partial charge in [0.1, 0.15) is 6.33 Å². The molecule has 1 fully saturated rings. The minimum atomic E-state index is -0.430. The van der Waals surface area contributed by atoms with Crippen LogP contribution in [0, 0.1) is 6.92 Å². The molecule has 1 aliphatic rings. The summed E-state index contributed by atoms with van der Waals surface area (Å²) in [7, 11) is 0. The molecule has 18 heavy (non-hydrogen) atoms. The van der Waals surface area contributed by atoms with Crippen molar-refractivity contribution in [3.63, 3.8) is 0 Å². The normalized spacial score (nSPS) is 16.8. The minimum absolute atomic E-state index is 0.0310. The van der Waals surface area contributed by atoms with Gasteiger partial charge in [0.2, 0.25) is 0 Å². The van der Waals surface area contributed by atoms with Gasteiger partial charge in [0, 0.05) is 6.20 Å². The molecule has 0 aromatic carbocycles. The van der Waals surface area contributed by atoms with Gasteiger partial charge in [0.15, 0.2) is 0 Å². The predicted molar refractivity (Wildman–Crippen MR) is 62.0 cm³/mol. The summed E-state index contributed by atoms with van der Waals surface area (Å²) in [5.41, 5.74) is 0.706. The molecule has 7 nitrogen and oxygen atoms in total. The summed E-state index contributed by atoms with van der Waals surface area (Å²) in [4.78, 5) is 20.1. The van der Waals surface area contributed by atoms with Crippen LogP contribution in [0.2, 0.25) is 0 Å². The van der Waals surface area contributed by atoms with E-state index < -0.39 is 5.54 Å². The Morgan fingerprint density at radius 2 is 2.33 bits per heavy atom. The first-order valence-electron chi connectivity index (χ1n) is 5.74. The number of hydrogen-bond donors (Lipinski definition) is 2. The molecular formula is C11H13N5O2. The zero-order valence-electron chi connectivity index (χ0n) is 9.92. The van der Waals surface area contributed by atoms with Gasteiger partial charge < -0.3 is 10.4 Å². The lowest BCUT2D eigenvalue weighted by molar-refractivity contribution is 0.0905. The molecule has 2 aromatic heterocycles. The lowest BCUT2D eigenvalue weighted by Crippen LogP contribution is -2.40. The van der Waals surface area contributed by atoms with E-state index in [-0.39, 0.29) is 12.5 Å². The molecule has 2 aromatic rings. The summed E-state index contributed by atoms with van der Waals surface area (Å²) in [5, 5.41) is 16.1. The van der Waals surface area contributed by atoms with Crippen molar-refractivity contribution in [2.75, 3.05) is 6.61 Å². The third-order valence-electron chi connectivity index (χ3n) is 3.33.